The van der Waals surface area contributed by atoms with Crippen LogP contribution in [0.5, 0.6) is 0 Å². The van der Waals surface area contributed by atoms with E-state index >= 15 is 0 Å². The van der Waals surface area contributed by atoms with Crippen molar-refractivity contribution in [1.82, 2.24) is 0 Å². The van der Waals surface area contributed by atoms with Crippen LogP contribution in [0.2, 0.25) is 0 Å². The maximum absolute atomic E-state index is 10.9. The van der Waals surface area contributed by atoms with Gasteiger partial charge in [-0.15, -0.1) is 6.58 Å². The van der Waals surface area contributed by atoms with E-state index in [1.54, 1.807) is 6.08 Å². The average Bonchev–Trinajstić information content (AvgIpc) is 2.34. The highest BCUT2D eigenvalue weighted by Crippen LogP contribution is 2.13. The van der Waals surface area contributed by atoms with Gasteiger partial charge in [0.2, 0.25) is 0 Å². The number of carbonyl (C=O) groups is 1. The minimum Gasteiger partial charge on any atom is -0.481 e. The van der Waals surface area contributed by atoms with Crippen molar-refractivity contribution in [3.8, 4) is 0 Å². The number of hydrogen-bond donors (Lipinski definition) is 2. The Hall–Kier alpha value is -1.87. The van der Waals surface area contributed by atoms with Gasteiger partial charge in [-0.25, -0.2) is 0 Å². The number of aliphatic carboxylic acids is 1. The van der Waals surface area contributed by atoms with E-state index in [0.717, 1.165) is 5.56 Å². The van der Waals surface area contributed by atoms with Crippen molar-refractivity contribution in [2.45, 2.75) is 12.5 Å². The van der Waals surface area contributed by atoms with Gasteiger partial charge in [-0.2, -0.15) is 0 Å². The van der Waals surface area contributed by atoms with Crippen LogP contribution in [0.1, 0.15) is 12.0 Å². The number of aliphatic hydroxyl groups excluding tert-OH is 1. The lowest BCUT2D eigenvalue weighted by Gasteiger charge is -2.13. The zero-order chi connectivity index (χ0) is 12.7. The number of hydrogen-bond acceptors (Lipinski definition) is 2. The Labute approximate surface area is 101 Å². The molecular formula is C14H16O3. The zero-order valence-electron chi connectivity index (χ0n) is 9.49. The molecule has 0 radical (unpaired) electrons. The second-order valence-electron chi connectivity index (χ2n) is 3.73. The van der Waals surface area contributed by atoms with Gasteiger partial charge in [0.25, 0.3) is 0 Å². The molecule has 0 saturated carbocycles. The lowest BCUT2D eigenvalue weighted by Crippen LogP contribution is -2.25. The molecule has 0 fully saturated rings. The Morgan fingerprint density at radius 2 is 2.00 bits per heavy atom. The van der Waals surface area contributed by atoms with Gasteiger partial charge in [0.05, 0.1) is 12.0 Å². The number of benzene rings is 1. The third kappa shape index (κ3) is 4.25. The van der Waals surface area contributed by atoms with Gasteiger partial charge in [0.15, 0.2) is 0 Å². The van der Waals surface area contributed by atoms with Gasteiger partial charge in [0, 0.05) is 0 Å². The van der Waals surface area contributed by atoms with Gasteiger partial charge in [-0.3, -0.25) is 4.79 Å². The number of aliphatic hydroxyl groups is 1. The van der Waals surface area contributed by atoms with Crippen molar-refractivity contribution in [1.29, 1.82) is 0 Å². The van der Waals surface area contributed by atoms with E-state index in [9.17, 15) is 9.90 Å². The Bertz CT molecular complexity index is 395. The molecule has 0 aromatic heterocycles. The highest BCUT2D eigenvalue weighted by Gasteiger charge is 2.22. The molecule has 3 heteroatoms. The molecule has 1 rings (SSSR count). The van der Waals surface area contributed by atoms with Crippen LogP contribution >= 0.6 is 0 Å². The molecule has 3 nitrogen and oxygen atoms in total. The maximum atomic E-state index is 10.9. The van der Waals surface area contributed by atoms with Crippen molar-refractivity contribution >= 4 is 12.0 Å². The minimum absolute atomic E-state index is 0.246. The highest BCUT2D eigenvalue weighted by atomic mass is 16.4. The molecule has 2 atom stereocenters. The predicted octanol–water partition coefficient (Wildman–Crippen LogP) is 2.34. The van der Waals surface area contributed by atoms with Crippen LogP contribution in [0, 0.1) is 5.92 Å². The molecule has 0 aliphatic rings. The van der Waals surface area contributed by atoms with Crippen LogP contribution in [0.4, 0.5) is 0 Å². The third-order valence-corrected chi connectivity index (χ3v) is 2.44. The van der Waals surface area contributed by atoms with E-state index in [2.05, 4.69) is 6.58 Å². The van der Waals surface area contributed by atoms with Gasteiger partial charge in [0.1, 0.15) is 0 Å². The van der Waals surface area contributed by atoms with Gasteiger partial charge < -0.3 is 10.2 Å². The summed E-state index contributed by atoms with van der Waals surface area (Å²) in [7, 11) is 0. The molecule has 0 spiro atoms. The van der Waals surface area contributed by atoms with Crippen molar-refractivity contribution in [2.24, 2.45) is 5.92 Å². The lowest BCUT2D eigenvalue weighted by molar-refractivity contribution is -0.144. The third-order valence-electron chi connectivity index (χ3n) is 2.44. The molecule has 0 aliphatic heterocycles. The predicted molar refractivity (Wildman–Crippen MR) is 67.4 cm³/mol. The van der Waals surface area contributed by atoms with Crippen LogP contribution in [-0.2, 0) is 4.79 Å². The summed E-state index contributed by atoms with van der Waals surface area (Å²) in [5.41, 5.74) is 0.925. The van der Waals surface area contributed by atoms with E-state index in [4.69, 9.17) is 5.11 Å². The first-order chi connectivity index (χ1) is 8.15. The molecule has 2 N–H and O–H groups in total. The summed E-state index contributed by atoms with van der Waals surface area (Å²) < 4.78 is 0. The summed E-state index contributed by atoms with van der Waals surface area (Å²) >= 11 is 0. The second-order valence-corrected chi connectivity index (χ2v) is 3.73. The molecule has 0 amide bonds. The Morgan fingerprint density at radius 3 is 2.53 bits per heavy atom. The molecule has 0 saturated heterocycles. The smallest absolute Gasteiger partial charge is 0.309 e. The normalized spacial score (nSPS) is 14.4. The van der Waals surface area contributed by atoms with Gasteiger partial charge in [-0.1, -0.05) is 48.6 Å². The maximum Gasteiger partial charge on any atom is 0.309 e. The molecule has 0 bridgehead atoms. The van der Waals surface area contributed by atoms with Crippen molar-refractivity contribution < 1.29 is 15.0 Å². The SMILES string of the molecule is C=CC[C@@H](C(=O)O)[C@H](O)C=Cc1ccccc1. The van der Waals surface area contributed by atoms with E-state index in [-0.39, 0.29) is 6.42 Å². The number of allylic oxidation sites excluding steroid dienone is 1. The minimum atomic E-state index is -1.02. The Morgan fingerprint density at radius 1 is 1.35 bits per heavy atom. The fraction of sp³-hybridized carbons (Fsp3) is 0.214. The molecule has 0 unspecified atom stereocenters. The summed E-state index contributed by atoms with van der Waals surface area (Å²) in [6.45, 7) is 3.49. The fourth-order valence-electron chi connectivity index (χ4n) is 1.47. The monoisotopic (exact) mass is 232 g/mol. The van der Waals surface area contributed by atoms with Crippen LogP contribution in [0.3, 0.4) is 0 Å². The first-order valence-corrected chi connectivity index (χ1v) is 5.40. The number of carboxylic acids is 1. The van der Waals surface area contributed by atoms with E-state index < -0.39 is 18.0 Å². The summed E-state index contributed by atoms with van der Waals surface area (Å²) in [5.74, 6) is -1.86. The van der Waals surface area contributed by atoms with Crippen LogP contribution in [0.15, 0.2) is 49.1 Å². The average molecular weight is 232 g/mol. The number of carboxylic acid groups (broad SMARTS) is 1. The van der Waals surface area contributed by atoms with Gasteiger partial charge >= 0.3 is 5.97 Å². The quantitative estimate of drug-likeness (QED) is 0.740. The molecule has 90 valence electrons. The van der Waals surface area contributed by atoms with Crippen LogP contribution in [-0.4, -0.2) is 22.3 Å². The second kappa shape index (κ2) is 6.66. The topological polar surface area (TPSA) is 57.5 Å². The standard InChI is InChI=1S/C14H16O3/c1-2-6-12(14(16)17)13(15)10-9-11-7-4-3-5-8-11/h2-5,7-10,12-13,15H,1,6H2,(H,16,17)/t12-,13-/m1/s1. The van der Waals surface area contributed by atoms with E-state index in [0.29, 0.717) is 0 Å². The Kier molecular flexibility index (Phi) is 5.17. The van der Waals surface area contributed by atoms with E-state index in [1.807, 2.05) is 30.3 Å². The van der Waals surface area contributed by atoms with Crippen molar-refractivity contribution in [3.63, 3.8) is 0 Å². The summed E-state index contributed by atoms with van der Waals surface area (Å²) in [5, 5.41) is 18.7. The molecule has 0 heterocycles. The summed E-state index contributed by atoms with van der Waals surface area (Å²) in [6.07, 6.45) is 3.95. The number of rotatable bonds is 6. The van der Waals surface area contributed by atoms with Crippen molar-refractivity contribution in [3.05, 3.63) is 54.6 Å². The largest absolute Gasteiger partial charge is 0.481 e. The lowest BCUT2D eigenvalue weighted by atomic mass is 9.98. The molecule has 0 aliphatic carbocycles. The molecule has 17 heavy (non-hydrogen) atoms. The Balaban J connectivity index is 2.69. The molecule has 1 aromatic carbocycles. The zero-order valence-corrected chi connectivity index (χ0v) is 9.49. The van der Waals surface area contributed by atoms with Crippen molar-refractivity contribution in [2.75, 3.05) is 0 Å². The van der Waals surface area contributed by atoms with Gasteiger partial charge in [-0.05, 0) is 12.0 Å². The van der Waals surface area contributed by atoms with E-state index in [1.165, 1.54) is 12.2 Å². The fourth-order valence-corrected chi connectivity index (χ4v) is 1.47. The summed E-state index contributed by atoms with van der Waals surface area (Å²) in [6, 6.07) is 9.42. The first-order valence-electron chi connectivity index (χ1n) is 5.40. The first kappa shape index (κ1) is 13.2. The van der Waals surface area contributed by atoms with Crippen LogP contribution < -0.4 is 0 Å². The highest BCUT2D eigenvalue weighted by molar-refractivity contribution is 5.71. The summed E-state index contributed by atoms with van der Waals surface area (Å²) in [4.78, 5) is 10.9. The molecule has 1 aromatic rings. The van der Waals surface area contributed by atoms with Crippen LogP contribution in [0.25, 0.3) is 6.08 Å². The molecular weight excluding hydrogens is 216 g/mol.